The number of hydrogen-bond donors (Lipinski definition) is 1. The first-order chi connectivity index (χ1) is 6.15. The van der Waals surface area contributed by atoms with E-state index >= 15 is 0 Å². The van der Waals surface area contributed by atoms with Gasteiger partial charge in [0.2, 0.25) is 0 Å². The van der Waals surface area contributed by atoms with Gasteiger partial charge in [0, 0.05) is 12.1 Å². The maximum absolute atomic E-state index is 10.4. The fraction of sp³-hybridized carbons (Fsp3) is 0.333. The third-order valence-electron chi connectivity index (χ3n) is 1.85. The molecule has 0 unspecified atom stereocenters. The minimum Gasteiger partial charge on any atom is -0.388 e. The molecular weight excluding hydrogens is 170 g/mol. The highest BCUT2D eigenvalue weighted by atomic mass is 16.6. The number of nitro groups is 1. The van der Waals surface area contributed by atoms with Crippen LogP contribution in [0.2, 0.25) is 0 Å². The van der Waals surface area contributed by atoms with E-state index in [1.54, 1.807) is 12.1 Å². The molecule has 1 aromatic rings. The van der Waals surface area contributed by atoms with Gasteiger partial charge in [0.05, 0.1) is 11.0 Å². The molecule has 0 saturated carbocycles. The lowest BCUT2D eigenvalue weighted by molar-refractivity contribution is -0.385. The van der Waals surface area contributed by atoms with Gasteiger partial charge >= 0.3 is 0 Å². The van der Waals surface area contributed by atoms with Crippen LogP contribution in [0.3, 0.4) is 0 Å². The first-order valence-corrected chi connectivity index (χ1v) is 4.07. The molecule has 0 aromatic heterocycles. The van der Waals surface area contributed by atoms with Crippen LogP contribution in [0.5, 0.6) is 0 Å². The van der Waals surface area contributed by atoms with E-state index in [4.69, 9.17) is 0 Å². The van der Waals surface area contributed by atoms with Crippen molar-refractivity contribution >= 4 is 5.69 Å². The second kappa shape index (κ2) is 4.00. The maximum atomic E-state index is 10.4. The summed E-state index contributed by atoms with van der Waals surface area (Å²) in [5.41, 5.74) is 0.613. The summed E-state index contributed by atoms with van der Waals surface area (Å²) in [4.78, 5) is 9.92. The summed E-state index contributed by atoms with van der Waals surface area (Å²) in [5.74, 6) is 0. The summed E-state index contributed by atoms with van der Waals surface area (Å²) < 4.78 is 0. The Morgan fingerprint density at radius 2 is 2.31 bits per heavy atom. The summed E-state index contributed by atoms with van der Waals surface area (Å²) in [5, 5.41) is 19.8. The quantitative estimate of drug-likeness (QED) is 0.573. The lowest BCUT2D eigenvalue weighted by Gasteiger charge is -2.06. The van der Waals surface area contributed by atoms with E-state index in [0.29, 0.717) is 12.0 Å². The number of aliphatic hydroxyl groups is 1. The van der Waals surface area contributed by atoms with Crippen molar-refractivity contribution in [1.82, 2.24) is 0 Å². The van der Waals surface area contributed by atoms with Crippen LogP contribution in [-0.2, 0) is 0 Å². The molecule has 0 spiro atoms. The van der Waals surface area contributed by atoms with Crippen molar-refractivity contribution in [3.8, 4) is 0 Å². The van der Waals surface area contributed by atoms with Crippen molar-refractivity contribution in [3.05, 3.63) is 39.9 Å². The smallest absolute Gasteiger partial charge is 0.269 e. The van der Waals surface area contributed by atoms with E-state index in [9.17, 15) is 15.2 Å². The number of nitro benzene ring substituents is 1. The normalized spacial score (nSPS) is 12.5. The predicted molar refractivity (Wildman–Crippen MR) is 48.3 cm³/mol. The first kappa shape index (κ1) is 9.67. The molecule has 1 rings (SSSR count). The van der Waals surface area contributed by atoms with Crippen molar-refractivity contribution in [2.45, 2.75) is 19.4 Å². The van der Waals surface area contributed by atoms with Crippen LogP contribution >= 0.6 is 0 Å². The van der Waals surface area contributed by atoms with E-state index in [1.807, 2.05) is 6.92 Å². The molecule has 0 aliphatic carbocycles. The Morgan fingerprint density at radius 3 is 2.85 bits per heavy atom. The molecule has 1 atom stereocenters. The number of aliphatic hydroxyl groups excluding tert-OH is 1. The molecule has 1 N–H and O–H groups in total. The monoisotopic (exact) mass is 181 g/mol. The Bertz CT molecular complexity index is 311. The molecule has 0 heterocycles. The van der Waals surface area contributed by atoms with Gasteiger partial charge in [-0.3, -0.25) is 10.1 Å². The summed E-state index contributed by atoms with van der Waals surface area (Å²) in [7, 11) is 0. The van der Waals surface area contributed by atoms with E-state index < -0.39 is 11.0 Å². The molecule has 0 amide bonds. The van der Waals surface area contributed by atoms with Gasteiger partial charge in [-0.05, 0) is 12.0 Å². The van der Waals surface area contributed by atoms with E-state index in [-0.39, 0.29) is 5.69 Å². The molecule has 13 heavy (non-hydrogen) atoms. The number of non-ortho nitro benzene ring substituents is 1. The third kappa shape index (κ3) is 2.26. The fourth-order valence-electron chi connectivity index (χ4n) is 1.08. The van der Waals surface area contributed by atoms with Crippen LogP contribution in [-0.4, -0.2) is 10.0 Å². The van der Waals surface area contributed by atoms with Crippen molar-refractivity contribution < 1.29 is 10.0 Å². The van der Waals surface area contributed by atoms with Gasteiger partial charge in [-0.1, -0.05) is 19.1 Å². The van der Waals surface area contributed by atoms with E-state index in [0.717, 1.165) is 0 Å². The second-order valence-electron chi connectivity index (χ2n) is 2.78. The lowest BCUT2D eigenvalue weighted by Crippen LogP contribution is -1.96. The first-order valence-electron chi connectivity index (χ1n) is 4.07. The molecule has 0 aliphatic heterocycles. The topological polar surface area (TPSA) is 63.4 Å². The van der Waals surface area contributed by atoms with Crippen molar-refractivity contribution in [3.63, 3.8) is 0 Å². The summed E-state index contributed by atoms with van der Waals surface area (Å²) in [6, 6.07) is 6.06. The van der Waals surface area contributed by atoms with Crippen molar-refractivity contribution in [1.29, 1.82) is 0 Å². The summed E-state index contributed by atoms with van der Waals surface area (Å²) in [6.07, 6.45) is -0.0545. The zero-order valence-electron chi connectivity index (χ0n) is 7.30. The Balaban J connectivity index is 2.98. The lowest BCUT2D eigenvalue weighted by atomic mass is 10.1. The van der Waals surface area contributed by atoms with Gasteiger partial charge in [0.1, 0.15) is 0 Å². The highest BCUT2D eigenvalue weighted by Gasteiger charge is 2.09. The van der Waals surface area contributed by atoms with Crippen LogP contribution in [0.25, 0.3) is 0 Å². The van der Waals surface area contributed by atoms with Gasteiger partial charge in [-0.15, -0.1) is 0 Å². The molecule has 0 saturated heterocycles. The Morgan fingerprint density at radius 1 is 1.62 bits per heavy atom. The molecule has 1 aromatic carbocycles. The Labute approximate surface area is 76.0 Å². The number of hydrogen-bond acceptors (Lipinski definition) is 3. The van der Waals surface area contributed by atoms with E-state index in [1.165, 1.54) is 12.1 Å². The van der Waals surface area contributed by atoms with Crippen LogP contribution in [0, 0.1) is 10.1 Å². The highest BCUT2D eigenvalue weighted by Crippen LogP contribution is 2.20. The van der Waals surface area contributed by atoms with Crippen LogP contribution in [0.4, 0.5) is 5.69 Å². The third-order valence-corrected chi connectivity index (χ3v) is 1.85. The molecule has 4 nitrogen and oxygen atoms in total. The Kier molecular flexibility index (Phi) is 2.97. The van der Waals surface area contributed by atoms with Gasteiger partial charge < -0.3 is 5.11 Å². The van der Waals surface area contributed by atoms with Gasteiger partial charge in [-0.2, -0.15) is 0 Å². The SMILES string of the molecule is CC[C@H](O)c1cccc([N+](=O)[O-])c1. The molecule has 0 aliphatic rings. The second-order valence-corrected chi connectivity index (χ2v) is 2.78. The predicted octanol–water partition coefficient (Wildman–Crippen LogP) is 2.04. The van der Waals surface area contributed by atoms with Gasteiger partial charge in [0.25, 0.3) is 5.69 Å². The van der Waals surface area contributed by atoms with Crippen LogP contribution in [0.1, 0.15) is 25.0 Å². The minimum absolute atomic E-state index is 0.0185. The van der Waals surface area contributed by atoms with Crippen molar-refractivity contribution in [2.75, 3.05) is 0 Å². The largest absolute Gasteiger partial charge is 0.388 e. The fourth-order valence-corrected chi connectivity index (χ4v) is 1.08. The van der Waals surface area contributed by atoms with Crippen LogP contribution < -0.4 is 0 Å². The minimum atomic E-state index is -0.611. The zero-order chi connectivity index (χ0) is 9.84. The number of benzene rings is 1. The standard InChI is InChI=1S/C9H11NO3/c1-2-9(11)7-4-3-5-8(6-7)10(12)13/h3-6,9,11H,2H2,1H3/t9-/m0/s1. The number of rotatable bonds is 3. The summed E-state index contributed by atoms with van der Waals surface area (Å²) in [6.45, 7) is 1.82. The molecule has 0 fully saturated rings. The molecule has 0 radical (unpaired) electrons. The molecule has 70 valence electrons. The number of nitrogens with zero attached hydrogens (tertiary/aromatic N) is 1. The average Bonchev–Trinajstić information content (AvgIpc) is 2.17. The van der Waals surface area contributed by atoms with Gasteiger partial charge in [-0.25, -0.2) is 0 Å². The summed E-state index contributed by atoms with van der Waals surface area (Å²) >= 11 is 0. The molecule has 4 heteroatoms. The van der Waals surface area contributed by atoms with Gasteiger partial charge in [0.15, 0.2) is 0 Å². The van der Waals surface area contributed by atoms with Crippen LogP contribution in [0.15, 0.2) is 24.3 Å². The zero-order valence-corrected chi connectivity index (χ0v) is 7.30. The van der Waals surface area contributed by atoms with E-state index in [2.05, 4.69) is 0 Å². The molecular formula is C9H11NO3. The Hall–Kier alpha value is -1.42. The molecule has 0 bridgehead atoms. The average molecular weight is 181 g/mol. The highest BCUT2D eigenvalue weighted by molar-refractivity contribution is 5.35. The maximum Gasteiger partial charge on any atom is 0.269 e. The van der Waals surface area contributed by atoms with Crippen molar-refractivity contribution in [2.24, 2.45) is 0 Å².